The molecule has 1 aliphatic rings. The van der Waals surface area contributed by atoms with Crippen LogP contribution >= 0.6 is 11.6 Å². The normalized spacial score (nSPS) is 26.2. The van der Waals surface area contributed by atoms with Crippen molar-refractivity contribution in [2.75, 3.05) is 5.32 Å². The van der Waals surface area contributed by atoms with Crippen LogP contribution in [0.2, 0.25) is 5.02 Å². The van der Waals surface area contributed by atoms with E-state index in [1.165, 1.54) is 12.8 Å². The number of carboxylic acid groups (broad SMARTS) is 1. The highest BCUT2D eigenvalue weighted by Crippen LogP contribution is 2.37. The third-order valence-corrected chi connectivity index (χ3v) is 4.51. The van der Waals surface area contributed by atoms with Crippen LogP contribution in [0.1, 0.15) is 45.4 Å². The third kappa shape index (κ3) is 3.45. The van der Waals surface area contributed by atoms with Crippen LogP contribution in [0.3, 0.4) is 0 Å². The van der Waals surface area contributed by atoms with Crippen LogP contribution in [-0.4, -0.2) is 16.6 Å². The summed E-state index contributed by atoms with van der Waals surface area (Å²) in [5, 5.41) is 13.5. The lowest BCUT2D eigenvalue weighted by atomic mass is 9.75. The Morgan fingerprint density at radius 3 is 2.70 bits per heavy atom. The number of rotatable bonds is 5. The van der Waals surface area contributed by atoms with Gasteiger partial charge in [-0.15, -0.1) is 0 Å². The largest absolute Gasteiger partial charge is 0.480 e. The van der Waals surface area contributed by atoms with Gasteiger partial charge in [-0.2, -0.15) is 0 Å². The summed E-state index contributed by atoms with van der Waals surface area (Å²) in [6.45, 7) is 2.18. The minimum absolute atomic E-state index is 0.621. The summed E-state index contributed by atoms with van der Waals surface area (Å²) < 4.78 is 0. The number of aliphatic carboxylic acids is 1. The molecule has 0 atom stereocenters. The van der Waals surface area contributed by atoms with Gasteiger partial charge in [0.25, 0.3) is 0 Å². The van der Waals surface area contributed by atoms with Crippen molar-refractivity contribution in [3.63, 3.8) is 0 Å². The van der Waals surface area contributed by atoms with E-state index in [4.69, 9.17) is 11.6 Å². The van der Waals surface area contributed by atoms with Gasteiger partial charge in [-0.3, -0.25) is 0 Å². The maximum Gasteiger partial charge on any atom is 0.329 e. The quantitative estimate of drug-likeness (QED) is 0.837. The van der Waals surface area contributed by atoms with Gasteiger partial charge in [0.1, 0.15) is 5.54 Å². The molecule has 0 radical (unpaired) electrons. The Balaban J connectivity index is 2.10. The Labute approximate surface area is 125 Å². The SMILES string of the molecule is CCCC1CCC(Nc2cccc(Cl)c2)(C(=O)O)CC1. The summed E-state index contributed by atoms with van der Waals surface area (Å²) in [5.41, 5.74) is -0.0524. The zero-order chi connectivity index (χ0) is 14.6. The predicted molar refractivity (Wildman–Crippen MR) is 82.3 cm³/mol. The zero-order valence-electron chi connectivity index (χ0n) is 11.9. The van der Waals surface area contributed by atoms with Crippen LogP contribution in [0.4, 0.5) is 5.69 Å². The maximum absolute atomic E-state index is 11.7. The number of anilines is 1. The standard InChI is InChI=1S/C16H22ClNO2/c1-2-4-12-7-9-16(10-8-12,15(19)20)18-14-6-3-5-13(17)11-14/h3,5-6,11-12,18H,2,4,7-10H2,1H3,(H,19,20). The first-order chi connectivity index (χ1) is 9.55. The van der Waals surface area contributed by atoms with E-state index in [2.05, 4.69) is 12.2 Å². The van der Waals surface area contributed by atoms with Gasteiger partial charge in [0, 0.05) is 10.7 Å². The molecule has 1 saturated carbocycles. The van der Waals surface area contributed by atoms with Gasteiger partial charge in [0.05, 0.1) is 0 Å². The molecule has 0 spiro atoms. The molecular formula is C16H22ClNO2. The lowest BCUT2D eigenvalue weighted by Gasteiger charge is -2.38. The molecule has 0 saturated heterocycles. The van der Waals surface area contributed by atoms with Gasteiger partial charge in [-0.05, 0) is 49.8 Å². The van der Waals surface area contributed by atoms with E-state index in [9.17, 15) is 9.90 Å². The minimum atomic E-state index is -0.838. The second-order valence-corrected chi connectivity index (χ2v) is 6.19. The van der Waals surface area contributed by atoms with Crippen LogP contribution in [0.25, 0.3) is 0 Å². The molecule has 1 aromatic rings. The van der Waals surface area contributed by atoms with Crippen LogP contribution in [0, 0.1) is 5.92 Å². The van der Waals surface area contributed by atoms with Crippen LogP contribution in [0.15, 0.2) is 24.3 Å². The number of halogens is 1. The fourth-order valence-electron chi connectivity index (χ4n) is 3.10. The van der Waals surface area contributed by atoms with E-state index in [1.807, 2.05) is 12.1 Å². The Morgan fingerprint density at radius 2 is 2.15 bits per heavy atom. The topological polar surface area (TPSA) is 49.3 Å². The van der Waals surface area contributed by atoms with Gasteiger partial charge < -0.3 is 10.4 Å². The summed E-state index contributed by atoms with van der Waals surface area (Å²) in [5.74, 6) is -0.0824. The lowest BCUT2D eigenvalue weighted by Crippen LogP contribution is -2.49. The average molecular weight is 296 g/mol. The molecule has 0 aliphatic heterocycles. The molecule has 0 unspecified atom stereocenters. The molecule has 4 heteroatoms. The minimum Gasteiger partial charge on any atom is -0.480 e. The highest BCUT2D eigenvalue weighted by atomic mass is 35.5. The molecule has 2 rings (SSSR count). The molecule has 0 amide bonds. The first kappa shape index (κ1) is 15.2. The molecule has 0 heterocycles. The van der Waals surface area contributed by atoms with Gasteiger partial charge in [0.15, 0.2) is 0 Å². The second-order valence-electron chi connectivity index (χ2n) is 5.75. The number of benzene rings is 1. The van der Waals surface area contributed by atoms with E-state index in [0.717, 1.165) is 18.5 Å². The zero-order valence-corrected chi connectivity index (χ0v) is 12.6. The van der Waals surface area contributed by atoms with Crippen molar-refractivity contribution in [3.8, 4) is 0 Å². The van der Waals surface area contributed by atoms with Gasteiger partial charge in [-0.25, -0.2) is 4.79 Å². The Kier molecular flexibility index (Phi) is 4.92. The Bertz CT molecular complexity index is 467. The van der Waals surface area contributed by atoms with Crippen molar-refractivity contribution in [1.29, 1.82) is 0 Å². The van der Waals surface area contributed by atoms with Crippen molar-refractivity contribution in [2.45, 2.75) is 51.0 Å². The Hall–Kier alpha value is -1.22. The molecule has 1 fully saturated rings. The van der Waals surface area contributed by atoms with E-state index < -0.39 is 11.5 Å². The summed E-state index contributed by atoms with van der Waals surface area (Å²) in [4.78, 5) is 11.7. The Morgan fingerprint density at radius 1 is 1.45 bits per heavy atom. The van der Waals surface area contributed by atoms with Gasteiger partial charge in [-0.1, -0.05) is 37.4 Å². The average Bonchev–Trinajstić information content (AvgIpc) is 2.41. The maximum atomic E-state index is 11.7. The molecule has 0 bridgehead atoms. The van der Waals surface area contributed by atoms with Crippen molar-refractivity contribution in [2.24, 2.45) is 5.92 Å². The van der Waals surface area contributed by atoms with E-state index >= 15 is 0 Å². The van der Waals surface area contributed by atoms with Crippen LogP contribution in [-0.2, 0) is 4.79 Å². The number of hydrogen-bond donors (Lipinski definition) is 2. The number of carbonyl (C=O) groups is 1. The number of carboxylic acids is 1. The first-order valence-corrected chi connectivity index (χ1v) is 7.71. The number of hydrogen-bond acceptors (Lipinski definition) is 2. The van der Waals surface area contributed by atoms with Crippen molar-refractivity contribution in [3.05, 3.63) is 29.3 Å². The summed E-state index contributed by atoms with van der Waals surface area (Å²) in [6, 6.07) is 7.28. The van der Waals surface area contributed by atoms with Crippen molar-refractivity contribution in [1.82, 2.24) is 0 Å². The van der Waals surface area contributed by atoms with Crippen molar-refractivity contribution < 1.29 is 9.90 Å². The number of nitrogens with one attached hydrogen (secondary N) is 1. The fourth-order valence-corrected chi connectivity index (χ4v) is 3.29. The fraction of sp³-hybridized carbons (Fsp3) is 0.562. The summed E-state index contributed by atoms with van der Waals surface area (Å²) in [7, 11) is 0. The summed E-state index contributed by atoms with van der Waals surface area (Å²) in [6.07, 6.45) is 5.69. The van der Waals surface area contributed by atoms with Gasteiger partial charge in [0.2, 0.25) is 0 Å². The third-order valence-electron chi connectivity index (χ3n) is 4.27. The van der Waals surface area contributed by atoms with E-state index in [0.29, 0.717) is 23.8 Å². The molecular weight excluding hydrogens is 274 g/mol. The molecule has 0 aromatic heterocycles. The first-order valence-electron chi connectivity index (χ1n) is 7.33. The van der Waals surface area contributed by atoms with Crippen LogP contribution < -0.4 is 5.32 Å². The highest BCUT2D eigenvalue weighted by molar-refractivity contribution is 6.30. The smallest absolute Gasteiger partial charge is 0.329 e. The van der Waals surface area contributed by atoms with Crippen molar-refractivity contribution >= 4 is 23.3 Å². The van der Waals surface area contributed by atoms with E-state index in [1.54, 1.807) is 12.1 Å². The molecule has 2 N–H and O–H groups in total. The highest BCUT2D eigenvalue weighted by Gasteiger charge is 2.41. The summed E-state index contributed by atoms with van der Waals surface area (Å²) >= 11 is 5.96. The molecule has 20 heavy (non-hydrogen) atoms. The predicted octanol–water partition coefficient (Wildman–Crippen LogP) is 4.57. The van der Waals surface area contributed by atoms with Crippen LogP contribution in [0.5, 0.6) is 0 Å². The molecule has 3 nitrogen and oxygen atoms in total. The second kappa shape index (κ2) is 6.49. The lowest BCUT2D eigenvalue weighted by molar-refractivity contribution is -0.143. The monoisotopic (exact) mass is 295 g/mol. The van der Waals surface area contributed by atoms with Gasteiger partial charge >= 0.3 is 5.97 Å². The molecule has 1 aromatic carbocycles. The van der Waals surface area contributed by atoms with E-state index in [-0.39, 0.29) is 0 Å². The molecule has 110 valence electrons. The molecule has 1 aliphatic carbocycles.